The first kappa shape index (κ1) is 11.9. The van der Waals surface area contributed by atoms with Gasteiger partial charge in [0.2, 0.25) is 0 Å². The summed E-state index contributed by atoms with van der Waals surface area (Å²) in [6.07, 6.45) is 0. The summed E-state index contributed by atoms with van der Waals surface area (Å²) in [6.45, 7) is 6.89. The highest BCUT2D eigenvalue weighted by Crippen LogP contribution is 2.06. The van der Waals surface area contributed by atoms with E-state index in [0.29, 0.717) is 12.0 Å². The molecule has 0 radical (unpaired) electrons. The van der Waals surface area contributed by atoms with E-state index >= 15 is 0 Å². The maximum atomic E-state index is 5.58. The van der Waals surface area contributed by atoms with E-state index in [0.717, 1.165) is 19.7 Å². The van der Waals surface area contributed by atoms with Crippen LogP contribution < -0.4 is 5.73 Å². The second kappa shape index (κ2) is 6.40. The predicted molar refractivity (Wildman–Crippen MR) is 52.2 cm³/mol. The fourth-order valence-corrected chi connectivity index (χ4v) is 1.07. The van der Waals surface area contributed by atoms with Crippen molar-refractivity contribution in [2.45, 2.75) is 19.9 Å². The lowest BCUT2D eigenvalue weighted by atomic mass is 10.0. The van der Waals surface area contributed by atoms with Gasteiger partial charge in [0.15, 0.2) is 0 Å². The van der Waals surface area contributed by atoms with E-state index in [9.17, 15) is 0 Å². The standard InChI is InChI=1S/C9H22N2O/c1-8(7-10)9(2)11(3)5-6-12-4/h8-9H,5-7,10H2,1-4H3. The third-order valence-corrected chi connectivity index (χ3v) is 2.54. The number of hydrogen-bond donors (Lipinski definition) is 1. The molecule has 74 valence electrons. The Morgan fingerprint density at radius 1 is 1.42 bits per heavy atom. The molecule has 2 N–H and O–H groups in total. The largest absolute Gasteiger partial charge is 0.383 e. The molecule has 0 aromatic carbocycles. The molecule has 2 unspecified atom stereocenters. The van der Waals surface area contributed by atoms with E-state index in [1.54, 1.807) is 7.11 Å². The predicted octanol–water partition coefficient (Wildman–Crippen LogP) is 0.548. The van der Waals surface area contributed by atoms with Crippen LogP contribution in [0.4, 0.5) is 0 Å². The van der Waals surface area contributed by atoms with Crippen LogP contribution in [-0.4, -0.2) is 44.8 Å². The maximum absolute atomic E-state index is 5.58. The SMILES string of the molecule is COCCN(C)C(C)C(C)CN. The van der Waals surface area contributed by atoms with Crippen LogP contribution in [0.1, 0.15) is 13.8 Å². The van der Waals surface area contributed by atoms with Gasteiger partial charge in [0, 0.05) is 19.7 Å². The van der Waals surface area contributed by atoms with Crippen LogP contribution in [0, 0.1) is 5.92 Å². The van der Waals surface area contributed by atoms with Gasteiger partial charge in [-0.2, -0.15) is 0 Å². The Morgan fingerprint density at radius 3 is 2.42 bits per heavy atom. The van der Waals surface area contributed by atoms with E-state index in [1.165, 1.54) is 0 Å². The molecule has 0 aliphatic heterocycles. The summed E-state index contributed by atoms with van der Waals surface area (Å²) in [6, 6.07) is 0.533. The Labute approximate surface area is 75.9 Å². The lowest BCUT2D eigenvalue weighted by Crippen LogP contribution is -2.39. The first-order chi connectivity index (χ1) is 5.63. The zero-order valence-electron chi connectivity index (χ0n) is 8.71. The molecule has 3 nitrogen and oxygen atoms in total. The van der Waals surface area contributed by atoms with Crippen molar-refractivity contribution in [3.63, 3.8) is 0 Å². The average Bonchev–Trinajstić information content (AvgIpc) is 2.11. The monoisotopic (exact) mass is 174 g/mol. The molecule has 0 aliphatic carbocycles. The Bertz CT molecular complexity index is 109. The minimum Gasteiger partial charge on any atom is -0.383 e. The Balaban J connectivity index is 3.67. The highest BCUT2D eigenvalue weighted by atomic mass is 16.5. The van der Waals surface area contributed by atoms with Gasteiger partial charge in [0.25, 0.3) is 0 Å². The van der Waals surface area contributed by atoms with Gasteiger partial charge in [0.1, 0.15) is 0 Å². The van der Waals surface area contributed by atoms with Crippen LogP contribution in [0.15, 0.2) is 0 Å². The molecule has 0 aromatic heterocycles. The van der Waals surface area contributed by atoms with E-state index < -0.39 is 0 Å². The fourth-order valence-electron chi connectivity index (χ4n) is 1.07. The van der Waals surface area contributed by atoms with Gasteiger partial charge in [-0.1, -0.05) is 6.92 Å². The molecule has 0 saturated carbocycles. The topological polar surface area (TPSA) is 38.5 Å². The first-order valence-electron chi connectivity index (χ1n) is 4.52. The van der Waals surface area contributed by atoms with E-state index in [1.807, 2.05) is 0 Å². The highest BCUT2D eigenvalue weighted by Gasteiger charge is 2.14. The zero-order valence-corrected chi connectivity index (χ0v) is 8.71. The van der Waals surface area contributed by atoms with Gasteiger partial charge in [-0.05, 0) is 26.4 Å². The van der Waals surface area contributed by atoms with Crippen LogP contribution in [0.2, 0.25) is 0 Å². The summed E-state index contributed by atoms with van der Waals surface area (Å²) in [5.74, 6) is 0.548. The van der Waals surface area contributed by atoms with Gasteiger partial charge >= 0.3 is 0 Å². The van der Waals surface area contributed by atoms with Gasteiger partial charge in [0.05, 0.1) is 6.61 Å². The number of rotatable bonds is 6. The number of likely N-dealkylation sites (N-methyl/N-ethyl adjacent to an activating group) is 1. The molecule has 0 amide bonds. The second-order valence-electron chi connectivity index (χ2n) is 3.43. The molecule has 0 rings (SSSR count). The van der Waals surface area contributed by atoms with Crippen molar-refractivity contribution in [3.05, 3.63) is 0 Å². The summed E-state index contributed by atoms with van der Waals surface area (Å²) >= 11 is 0. The fraction of sp³-hybridized carbons (Fsp3) is 1.00. The number of ether oxygens (including phenoxy) is 1. The van der Waals surface area contributed by atoms with Gasteiger partial charge in [-0.25, -0.2) is 0 Å². The molecular weight excluding hydrogens is 152 g/mol. The van der Waals surface area contributed by atoms with E-state index in [2.05, 4.69) is 25.8 Å². The third-order valence-electron chi connectivity index (χ3n) is 2.54. The molecule has 0 aromatic rings. The average molecular weight is 174 g/mol. The summed E-state index contributed by atoms with van der Waals surface area (Å²) < 4.78 is 5.00. The van der Waals surface area contributed by atoms with Crippen molar-refractivity contribution in [2.75, 3.05) is 33.9 Å². The minimum atomic E-state index is 0.533. The van der Waals surface area contributed by atoms with Crippen LogP contribution in [0.25, 0.3) is 0 Å². The zero-order chi connectivity index (χ0) is 9.56. The van der Waals surface area contributed by atoms with Gasteiger partial charge < -0.3 is 15.4 Å². The maximum Gasteiger partial charge on any atom is 0.0589 e. The van der Waals surface area contributed by atoms with Crippen LogP contribution in [-0.2, 0) is 4.74 Å². The quantitative estimate of drug-likeness (QED) is 0.639. The van der Waals surface area contributed by atoms with Crippen molar-refractivity contribution in [3.8, 4) is 0 Å². The summed E-state index contributed by atoms with van der Waals surface area (Å²) in [7, 11) is 3.83. The molecular formula is C9H22N2O. The molecule has 12 heavy (non-hydrogen) atoms. The number of hydrogen-bond acceptors (Lipinski definition) is 3. The van der Waals surface area contributed by atoms with E-state index in [-0.39, 0.29) is 0 Å². The molecule has 0 fully saturated rings. The minimum absolute atomic E-state index is 0.533. The van der Waals surface area contributed by atoms with Crippen molar-refractivity contribution in [1.29, 1.82) is 0 Å². The van der Waals surface area contributed by atoms with Crippen LogP contribution in [0.5, 0.6) is 0 Å². The number of methoxy groups -OCH3 is 1. The third kappa shape index (κ3) is 4.04. The summed E-state index contributed by atoms with van der Waals surface area (Å²) in [4.78, 5) is 2.28. The Hall–Kier alpha value is -0.120. The first-order valence-corrected chi connectivity index (χ1v) is 4.52. The molecule has 0 bridgehead atoms. The van der Waals surface area contributed by atoms with Crippen LogP contribution >= 0.6 is 0 Å². The molecule has 0 aliphatic rings. The smallest absolute Gasteiger partial charge is 0.0589 e. The van der Waals surface area contributed by atoms with E-state index in [4.69, 9.17) is 10.5 Å². The lowest BCUT2D eigenvalue weighted by Gasteiger charge is -2.28. The van der Waals surface area contributed by atoms with Gasteiger partial charge in [-0.15, -0.1) is 0 Å². The summed E-state index contributed by atoms with van der Waals surface area (Å²) in [5.41, 5.74) is 5.58. The van der Waals surface area contributed by atoms with Crippen LogP contribution in [0.3, 0.4) is 0 Å². The van der Waals surface area contributed by atoms with Crippen molar-refractivity contribution >= 4 is 0 Å². The number of nitrogens with zero attached hydrogens (tertiary/aromatic N) is 1. The summed E-state index contributed by atoms with van der Waals surface area (Å²) in [5, 5.41) is 0. The molecule has 3 heteroatoms. The molecule has 2 atom stereocenters. The Kier molecular flexibility index (Phi) is 6.34. The highest BCUT2D eigenvalue weighted by molar-refractivity contribution is 4.70. The van der Waals surface area contributed by atoms with Crippen molar-refractivity contribution < 1.29 is 4.74 Å². The molecule has 0 spiro atoms. The van der Waals surface area contributed by atoms with Crippen molar-refractivity contribution in [2.24, 2.45) is 11.7 Å². The Morgan fingerprint density at radius 2 is 2.00 bits per heavy atom. The number of nitrogens with two attached hydrogens (primary N) is 1. The second-order valence-corrected chi connectivity index (χ2v) is 3.43. The molecule has 0 heterocycles. The van der Waals surface area contributed by atoms with Gasteiger partial charge in [-0.3, -0.25) is 0 Å². The normalized spacial score (nSPS) is 16.5. The van der Waals surface area contributed by atoms with Crippen molar-refractivity contribution in [1.82, 2.24) is 4.90 Å². The molecule has 0 saturated heterocycles. The lowest BCUT2D eigenvalue weighted by molar-refractivity contribution is 0.126.